The zero-order valence-electron chi connectivity index (χ0n) is 17.6. The molecule has 164 valence electrons. The summed E-state index contributed by atoms with van der Waals surface area (Å²) in [6.07, 6.45) is 1.35. The Morgan fingerprint density at radius 3 is 2.47 bits per heavy atom. The third-order valence-corrected chi connectivity index (χ3v) is 4.49. The van der Waals surface area contributed by atoms with Gasteiger partial charge in [-0.15, -0.1) is 0 Å². The number of halogens is 1. The molecule has 32 heavy (non-hydrogen) atoms. The molecule has 0 atom stereocenters. The van der Waals surface area contributed by atoms with Gasteiger partial charge in [-0.3, -0.25) is 9.59 Å². The number of hydrogen-bond donors (Lipinski definition) is 2. The van der Waals surface area contributed by atoms with E-state index in [0.717, 1.165) is 11.1 Å². The van der Waals surface area contributed by atoms with E-state index in [4.69, 9.17) is 9.47 Å². The highest BCUT2D eigenvalue weighted by molar-refractivity contribution is 6.39. The Labute approximate surface area is 184 Å². The van der Waals surface area contributed by atoms with E-state index in [1.54, 1.807) is 42.5 Å². The lowest BCUT2D eigenvalue weighted by molar-refractivity contribution is -0.136. The van der Waals surface area contributed by atoms with Gasteiger partial charge in [-0.1, -0.05) is 36.4 Å². The topological polar surface area (TPSA) is 89.0 Å². The number of nitrogens with zero attached hydrogens (tertiary/aromatic N) is 1. The first kappa shape index (κ1) is 22.5. The lowest BCUT2D eigenvalue weighted by Gasteiger charge is -2.13. The molecule has 7 nitrogen and oxygen atoms in total. The van der Waals surface area contributed by atoms with Gasteiger partial charge in [0.2, 0.25) is 0 Å². The van der Waals surface area contributed by atoms with E-state index in [9.17, 15) is 14.0 Å². The molecule has 0 radical (unpaired) electrons. The predicted octanol–water partition coefficient (Wildman–Crippen LogP) is 3.81. The normalized spacial score (nSPS) is 10.6. The summed E-state index contributed by atoms with van der Waals surface area (Å²) in [5.74, 6) is -1.24. The van der Waals surface area contributed by atoms with Crippen molar-refractivity contribution in [1.29, 1.82) is 0 Å². The van der Waals surface area contributed by atoms with Gasteiger partial charge in [-0.2, -0.15) is 5.10 Å². The molecule has 0 saturated carbocycles. The van der Waals surface area contributed by atoms with Crippen molar-refractivity contribution in [2.45, 2.75) is 13.5 Å². The second kappa shape index (κ2) is 10.7. The van der Waals surface area contributed by atoms with E-state index in [2.05, 4.69) is 15.8 Å². The molecule has 0 aromatic heterocycles. The molecule has 0 aliphatic carbocycles. The van der Waals surface area contributed by atoms with E-state index in [1.807, 2.05) is 19.1 Å². The van der Waals surface area contributed by atoms with Gasteiger partial charge in [0.15, 0.2) is 11.5 Å². The Morgan fingerprint density at radius 1 is 1.00 bits per heavy atom. The summed E-state index contributed by atoms with van der Waals surface area (Å²) in [7, 11) is 1.50. The molecule has 0 aliphatic rings. The molecule has 8 heteroatoms. The summed E-state index contributed by atoms with van der Waals surface area (Å²) in [5.41, 5.74) is 4.85. The summed E-state index contributed by atoms with van der Waals surface area (Å²) in [6.45, 7) is 1.99. The summed E-state index contributed by atoms with van der Waals surface area (Å²) in [4.78, 5) is 24.2. The number of carbonyl (C=O) groups is 2. The van der Waals surface area contributed by atoms with Crippen molar-refractivity contribution < 1.29 is 23.5 Å². The molecule has 0 unspecified atom stereocenters. The van der Waals surface area contributed by atoms with Crippen LogP contribution in [0.5, 0.6) is 11.5 Å². The van der Waals surface area contributed by atoms with Crippen LogP contribution in [0.1, 0.15) is 16.7 Å². The summed E-state index contributed by atoms with van der Waals surface area (Å²) in [6, 6.07) is 18.2. The van der Waals surface area contributed by atoms with Gasteiger partial charge in [-0.05, 0) is 48.4 Å². The largest absolute Gasteiger partial charge is 0.493 e. The van der Waals surface area contributed by atoms with E-state index in [1.165, 1.54) is 25.5 Å². The van der Waals surface area contributed by atoms with Crippen LogP contribution in [-0.2, 0) is 16.2 Å². The van der Waals surface area contributed by atoms with Crippen LogP contribution < -0.4 is 20.2 Å². The zero-order chi connectivity index (χ0) is 22.9. The fraction of sp³-hybridized carbons (Fsp3) is 0.125. The van der Waals surface area contributed by atoms with Crippen LogP contribution in [0.4, 0.5) is 10.1 Å². The number of amides is 2. The van der Waals surface area contributed by atoms with Crippen LogP contribution in [0.15, 0.2) is 71.8 Å². The van der Waals surface area contributed by atoms with Crippen LogP contribution in [-0.4, -0.2) is 25.1 Å². The Bertz CT molecular complexity index is 1130. The van der Waals surface area contributed by atoms with Crippen molar-refractivity contribution in [1.82, 2.24) is 5.43 Å². The Balaban J connectivity index is 1.66. The minimum Gasteiger partial charge on any atom is -0.493 e. The van der Waals surface area contributed by atoms with Gasteiger partial charge >= 0.3 is 11.8 Å². The number of methoxy groups -OCH3 is 1. The fourth-order valence-electron chi connectivity index (χ4n) is 2.79. The van der Waals surface area contributed by atoms with Gasteiger partial charge in [0.1, 0.15) is 12.4 Å². The van der Waals surface area contributed by atoms with Crippen molar-refractivity contribution in [2.24, 2.45) is 5.10 Å². The minimum atomic E-state index is -0.916. The average molecular weight is 435 g/mol. The first-order valence-electron chi connectivity index (χ1n) is 9.72. The third kappa shape index (κ3) is 5.91. The van der Waals surface area contributed by atoms with Gasteiger partial charge in [-0.25, -0.2) is 9.82 Å². The molecule has 0 bridgehead atoms. The van der Waals surface area contributed by atoms with Gasteiger partial charge in [0, 0.05) is 11.3 Å². The number of rotatable bonds is 7. The molecule has 3 aromatic rings. The van der Waals surface area contributed by atoms with Crippen LogP contribution in [0.3, 0.4) is 0 Å². The maximum absolute atomic E-state index is 13.1. The summed E-state index contributed by atoms with van der Waals surface area (Å²) < 4.78 is 24.3. The molecule has 0 aliphatic heterocycles. The molecular formula is C24H22FN3O4. The Morgan fingerprint density at radius 2 is 1.75 bits per heavy atom. The second-order valence-corrected chi connectivity index (χ2v) is 6.76. The van der Waals surface area contributed by atoms with E-state index in [0.29, 0.717) is 22.7 Å². The van der Waals surface area contributed by atoms with E-state index in [-0.39, 0.29) is 12.4 Å². The highest BCUT2D eigenvalue weighted by Gasteiger charge is 2.14. The molecule has 2 amide bonds. The second-order valence-electron chi connectivity index (χ2n) is 6.76. The minimum absolute atomic E-state index is 0.173. The maximum atomic E-state index is 13.1. The monoisotopic (exact) mass is 435 g/mol. The molecular weight excluding hydrogens is 413 g/mol. The summed E-state index contributed by atoms with van der Waals surface area (Å²) >= 11 is 0. The summed E-state index contributed by atoms with van der Waals surface area (Å²) in [5, 5.41) is 6.39. The molecule has 3 aromatic carbocycles. The quantitative estimate of drug-likeness (QED) is 0.336. The number of ether oxygens (including phenoxy) is 2. The number of hydrazone groups is 1. The lowest BCUT2D eigenvalue weighted by Crippen LogP contribution is -2.32. The first-order chi connectivity index (χ1) is 15.5. The van der Waals surface area contributed by atoms with Gasteiger partial charge in [0.05, 0.1) is 13.3 Å². The van der Waals surface area contributed by atoms with Crippen LogP contribution in [0, 0.1) is 12.7 Å². The average Bonchev–Trinajstić information content (AvgIpc) is 2.80. The molecule has 0 saturated heterocycles. The Kier molecular flexibility index (Phi) is 7.53. The highest BCUT2D eigenvalue weighted by atomic mass is 19.1. The zero-order valence-corrected chi connectivity index (χ0v) is 17.6. The standard InChI is InChI=1S/C24H22FN3O4/c1-16-6-3-4-8-20(16)27-23(29)24(30)28-26-14-18-7-5-9-21(31-2)22(18)32-15-17-10-12-19(25)13-11-17/h3-14H,15H2,1-2H3,(H,27,29)(H,28,30)/b26-14-. The maximum Gasteiger partial charge on any atom is 0.329 e. The number of anilines is 1. The van der Waals surface area contributed by atoms with Crippen LogP contribution in [0.2, 0.25) is 0 Å². The number of nitrogens with one attached hydrogen (secondary N) is 2. The SMILES string of the molecule is COc1cccc(/C=N\NC(=O)C(=O)Nc2ccccc2C)c1OCc1ccc(F)cc1. The van der Waals surface area contributed by atoms with Crippen molar-refractivity contribution in [3.63, 3.8) is 0 Å². The van der Waals surface area contributed by atoms with Gasteiger partial charge < -0.3 is 14.8 Å². The van der Waals surface area contributed by atoms with E-state index < -0.39 is 11.8 Å². The first-order valence-corrected chi connectivity index (χ1v) is 9.72. The van der Waals surface area contributed by atoms with Crippen molar-refractivity contribution in [3.8, 4) is 11.5 Å². The number of para-hydroxylation sites is 2. The predicted molar refractivity (Wildman–Crippen MR) is 119 cm³/mol. The third-order valence-electron chi connectivity index (χ3n) is 4.49. The number of hydrogen-bond acceptors (Lipinski definition) is 5. The number of benzene rings is 3. The molecule has 2 N–H and O–H groups in total. The molecule has 0 spiro atoms. The Hall–Kier alpha value is -4.20. The number of carbonyl (C=O) groups excluding carboxylic acids is 2. The van der Waals surface area contributed by atoms with Crippen molar-refractivity contribution in [3.05, 3.63) is 89.2 Å². The smallest absolute Gasteiger partial charge is 0.329 e. The van der Waals surface area contributed by atoms with Crippen LogP contribution >= 0.6 is 0 Å². The number of aryl methyl sites for hydroxylation is 1. The van der Waals surface area contributed by atoms with Crippen molar-refractivity contribution in [2.75, 3.05) is 12.4 Å². The highest BCUT2D eigenvalue weighted by Crippen LogP contribution is 2.30. The van der Waals surface area contributed by atoms with Gasteiger partial charge in [0.25, 0.3) is 0 Å². The van der Waals surface area contributed by atoms with Crippen LogP contribution in [0.25, 0.3) is 0 Å². The molecule has 0 fully saturated rings. The van der Waals surface area contributed by atoms with Crippen molar-refractivity contribution >= 4 is 23.7 Å². The molecule has 0 heterocycles. The lowest BCUT2D eigenvalue weighted by atomic mass is 10.2. The molecule has 3 rings (SSSR count). The fourth-order valence-corrected chi connectivity index (χ4v) is 2.79. The van der Waals surface area contributed by atoms with E-state index >= 15 is 0 Å².